The van der Waals surface area contributed by atoms with Gasteiger partial charge in [-0.05, 0) is 63.5 Å². The molecule has 3 rings (SSSR count). The molecule has 2 aromatic rings. The molecule has 0 N–H and O–H groups in total. The fraction of sp³-hybridized carbons (Fsp3) is 0.321. The predicted molar refractivity (Wildman–Crippen MR) is 136 cm³/mol. The van der Waals surface area contributed by atoms with Crippen molar-refractivity contribution in [2.45, 2.75) is 53.5 Å². The first-order chi connectivity index (χ1) is 17.2. The molecule has 0 fully saturated rings. The molecule has 2 amide bonds. The summed E-state index contributed by atoms with van der Waals surface area (Å²) in [5.41, 5.74) is 2.08. The number of carbonyl (C=O) groups excluding carboxylic acids is 3. The summed E-state index contributed by atoms with van der Waals surface area (Å²) in [7, 11) is 1.43. The van der Waals surface area contributed by atoms with E-state index in [0.29, 0.717) is 24.2 Å². The average Bonchev–Trinajstić information content (AvgIpc) is 3.13. The van der Waals surface area contributed by atoms with Crippen LogP contribution in [0.1, 0.15) is 68.2 Å². The third-order valence-electron chi connectivity index (χ3n) is 6.15. The number of nitrogens with zero attached hydrogens (tertiary/aromatic N) is 3. The van der Waals surface area contributed by atoms with Crippen molar-refractivity contribution >= 4 is 23.5 Å². The Morgan fingerprint density at radius 2 is 1.61 bits per heavy atom. The number of fused-ring (bicyclic) bond motifs is 1. The number of esters is 1. The molecule has 0 bridgehead atoms. The van der Waals surface area contributed by atoms with Crippen molar-refractivity contribution in [3.63, 3.8) is 0 Å². The number of methoxy groups -OCH3 is 1. The lowest BCUT2D eigenvalue weighted by molar-refractivity contribution is -0.130. The molecule has 0 saturated heterocycles. The van der Waals surface area contributed by atoms with Gasteiger partial charge in [0.25, 0.3) is 11.8 Å². The van der Waals surface area contributed by atoms with Crippen molar-refractivity contribution in [3.8, 4) is 5.75 Å². The maximum absolute atomic E-state index is 13.3. The van der Waals surface area contributed by atoms with Gasteiger partial charge in [0.2, 0.25) is 5.70 Å². The lowest BCUT2D eigenvalue weighted by Crippen LogP contribution is -2.39. The smallest absolute Gasteiger partial charge is 0.368 e. The lowest BCUT2D eigenvalue weighted by Gasteiger charge is -2.23. The van der Waals surface area contributed by atoms with Gasteiger partial charge in [-0.1, -0.05) is 43.7 Å². The van der Waals surface area contributed by atoms with Crippen LogP contribution in [-0.2, 0) is 9.53 Å². The molecule has 188 valence electrons. The van der Waals surface area contributed by atoms with Gasteiger partial charge in [-0.15, -0.1) is 10.2 Å². The van der Waals surface area contributed by atoms with Gasteiger partial charge in [-0.3, -0.25) is 14.5 Å². The number of para-hydroxylation sites is 1. The Kier molecular flexibility index (Phi) is 8.53. The Labute approximate surface area is 211 Å². The number of carbonyl (C=O) groups is 3. The zero-order chi connectivity index (χ0) is 26.4. The molecule has 0 aliphatic carbocycles. The van der Waals surface area contributed by atoms with E-state index in [1.54, 1.807) is 55.5 Å². The highest BCUT2D eigenvalue weighted by Gasteiger charge is 2.40. The Balaban J connectivity index is 2.09. The molecular weight excluding hydrogens is 458 g/mol. The molecule has 36 heavy (non-hydrogen) atoms. The number of ether oxygens (including phenoxy) is 2. The summed E-state index contributed by atoms with van der Waals surface area (Å²) in [6, 6.07) is 13.2. The van der Waals surface area contributed by atoms with Gasteiger partial charge >= 0.3 is 5.97 Å². The van der Waals surface area contributed by atoms with Gasteiger partial charge in [0, 0.05) is 6.04 Å². The van der Waals surface area contributed by atoms with Crippen molar-refractivity contribution in [3.05, 3.63) is 82.3 Å². The highest BCUT2D eigenvalue weighted by Crippen LogP contribution is 2.34. The number of allylic oxidation sites excluding steroid dienone is 2. The Bertz CT molecular complexity index is 1250. The van der Waals surface area contributed by atoms with Crippen LogP contribution >= 0.6 is 0 Å². The molecule has 1 aliphatic rings. The first kappa shape index (κ1) is 26.5. The molecule has 0 atom stereocenters. The molecule has 8 heteroatoms. The van der Waals surface area contributed by atoms with Gasteiger partial charge in [0.05, 0.1) is 23.9 Å². The van der Waals surface area contributed by atoms with Crippen molar-refractivity contribution in [1.82, 2.24) is 4.90 Å². The van der Waals surface area contributed by atoms with E-state index in [2.05, 4.69) is 10.2 Å². The SMILES string of the molecule is CCC(CC)N1C(=O)c2cccc(N=N/C(C(=O)Oc3ccccc3)=C(\OC)C(C)=C(C)C)c2C1=O. The molecule has 0 unspecified atom stereocenters. The van der Waals surface area contributed by atoms with Crippen LogP contribution in [-0.4, -0.2) is 35.8 Å². The van der Waals surface area contributed by atoms with Crippen LogP contribution in [0.2, 0.25) is 0 Å². The summed E-state index contributed by atoms with van der Waals surface area (Å²) in [6.45, 7) is 9.44. The van der Waals surface area contributed by atoms with Crippen LogP contribution < -0.4 is 4.74 Å². The van der Waals surface area contributed by atoms with E-state index in [9.17, 15) is 14.4 Å². The monoisotopic (exact) mass is 489 g/mol. The molecule has 8 nitrogen and oxygen atoms in total. The number of hydrogen-bond acceptors (Lipinski definition) is 7. The molecule has 0 spiro atoms. The van der Waals surface area contributed by atoms with Crippen LogP contribution in [0.5, 0.6) is 5.75 Å². The predicted octanol–water partition coefficient (Wildman–Crippen LogP) is 6.37. The number of amides is 2. The number of azo groups is 1. The molecule has 0 saturated carbocycles. The van der Waals surface area contributed by atoms with Gasteiger partial charge in [-0.25, -0.2) is 4.79 Å². The highest BCUT2D eigenvalue weighted by atomic mass is 16.5. The summed E-state index contributed by atoms with van der Waals surface area (Å²) < 4.78 is 11.0. The van der Waals surface area contributed by atoms with E-state index >= 15 is 0 Å². The fourth-order valence-electron chi connectivity index (χ4n) is 3.94. The Morgan fingerprint density at radius 3 is 2.19 bits per heavy atom. The van der Waals surface area contributed by atoms with E-state index in [4.69, 9.17) is 9.47 Å². The normalized spacial score (nSPS) is 13.7. The second-order valence-electron chi connectivity index (χ2n) is 8.56. The van der Waals surface area contributed by atoms with E-state index in [0.717, 1.165) is 5.57 Å². The quantitative estimate of drug-likeness (QED) is 0.0775. The molecule has 0 radical (unpaired) electrons. The largest absolute Gasteiger partial charge is 0.494 e. The lowest BCUT2D eigenvalue weighted by atomic mass is 10.1. The second-order valence-corrected chi connectivity index (χ2v) is 8.56. The van der Waals surface area contributed by atoms with Crippen molar-refractivity contribution in [2.24, 2.45) is 10.2 Å². The summed E-state index contributed by atoms with van der Waals surface area (Å²) in [5, 5.41) is 8.45. The third-order valence-corrected chi connectivity index (χ3v) is 6.15. The first-order valence-corrected chi connectivity index (χ1v) is 11.9. The maximum atomic E-state index is 13.3. The van der Waals surface area contributed by atoms with E-state index in [1.165, 1.54) is 12.0 Å². The third kappa shape index (κ3) is 5.27. The number of benzene rings is 2. The highest BCUT2D eigenvalue weighted by molar-refractivity contribution is 6.23. The Hall–Kier alpha value is -4.07. The summed E-state index contributed by atoms with van der Waals surface area (Å²) in [4.78, 5) is 40.7. The molecule has 2 aromatic carbocycles. The summed E-state index contributed by atoms with van der Waals surface area (Å²) in [5.74, 6) is -0.992. The Morgan fingerprint density at radius 1 is 0.944 bits per heavy atom. The topological polar surface area (TPSA) is 97.6 Å². The van der Waals surface area contributed by atoms with Crippen LogP contribution in [0.3, 0.4) is 0 Å². The van der Waals surface area contributed by atoms with Crippen LogP contribution in [0.4, 0.5) is 5.69 Å². The maximum Gasteiger partial charge on any atom is 0.368 e. The van der Waals surface area contributed by atoms with Crippen molar-refractivity contribution in [1.29, 1.82) is 0 Å². The average molecular weight is 490 g/mol. The summed E-state index contributed by atoms with van der Waals surface area (Å²) >= 11 is 0. The standard InChI is InChI=1S/C28H31N3O5/c1-7-19(8-2)31-26(32)21-15-12-16-22(23(21)27(31)33)29-30-24(25(35-6)18(5)17(3)4)28(34)36-20-13-10-9-11-14-20/h9-16,19H,7-8H2,1-6H3/b25-24-,30-29?. The minimum absolute atomic E-state index is 0.161. The van der Waals surface area contributed by atoms with E-state index in [1.807, 2.05) is 27.7 Å². The molecule has 1 aliphatic heterocycles. The zero-order valence-corrected chi connectivity index (χ0v) is 21.5. The van der Waals surface area contributed by atoms with Gasteiger partial charge < -0.3 is 9.47 Å². The van der Waals surface area contributed by atoms with Crippen LogP contribution in [0.15, 0.2) is 81.4 Å². The number of imide groups is 1. The van der Waals surface area contributed by atoms with Gasteiger partial charge in [-0.2, -0.15) is 0 Å². The van der Waals surface area contributed by atoms with Crippen molar-refractivity contribution < 1.29 is 23.9 Å². The zero-order valence-electron chi connectivity index (χ0n) is 21.5. The molecular formula is C28H31N3O5. The first-order valence-electron chi connectivity index (χ1n) is 11.9. The van der Waals surface area contributed by atoms with Crippen molar-refractivity contribution in [2.75, 3.05) is 7.11 Å². The number of hydrogen-bond donors (Lipinski definition) is 0. The van der Waals surface area contributed by atoms with Crippen LogP contribution in [0.25, 0.3) is 0 Å². The van der Waals surface area contributed by atoms with Crippen LogP contribution in [0, 0.1) is 0 Å². The molecule has 0 aromatic heterocycles. The van der Waals surface area contributed by atoms with Gasteiger partial charge in [0.1, 0.15) is 5.75 Å². The minimum atomic E-state index is -0.768. The van der Waals surface area contributed by atoms with E-state index < -0.39 is 11.9 Å². The second kappa shape index (κ2) is 11.6. The minimum Gasteiger partial charge on any atom is -0.494 e. The number of rotatable bonds is 9. The van der Waals surface area contributed by atoms with Gasteiger partial charge in [0.15, 0.2) is 5.76 Å². The fourth-order valence-corrected chi connectivity index (χ4v) is 3.94. The molecule has 1 heterocycles. The summed E-state index contributed by atoms with van der Waals surface area (Å²) in [6.07, 6.45) is 1.30. The van der Waals surface area contributed by atoms with E-state index in [-0.39, 0.29) is 40.2 Å².